The Bertz CT molecular complexity index is 810. The topological polar surface area (TPSA) is 40.6 Å². The molecule has 2 heterocycles. The minimum atomic E-state index is -0.0705. The lowest BCUT2D eigenvalue weighted by molar-refractivity contribution is -0.143. The molecule has 3 rings (SSSR count). The number of aryl methyl sites for hydroxylation is 1. The SMILES string of the molecule is CCC(=O)N(CC(=O)N1CCc2sccc2C1c1ccc(C)cc1)C(C)C. The summed E-state index contributed by atoms with van der Waals surface area (Å²) in [7, 11) is 0. The normalized spacial score (nSPS) is 16.3. The molecule has 0 bridgehead atoms. The number of nitrogens with zero attached hydrogens (tertiary/aromatic N) is 2. The Labute approximate surface area is 165 Å². The van der Waals surface area contributed by atoms with E-state index in [2.05, 4.69) is 42.6 Å². The van der Waals surface area contributed by atoms with E-state index >= 15 is 0 Å². The smallest absolute Gasteiger partial charge is 0.243 e. The number of carbonyl (C=O) groups is 2. The monoisotopic (exact) mass is 384 g/mol. The van der Waals surface area contributed by atoms with Gasteiger partial charge < -0.3 is 9.80 Å². The molecule has 4 nitrogen and oxygen atoms in total. The average Bonchev–Trinajstić information content (AvgIpc) is 3.13. The van der Waals surface area contributed by atoms with Gasteiger partial charge >= 0.3 is 0 Å². The van der Waals surface area contributed by atoms with Crippen molar-refractivity contribution in [3.8, 4) is 0 Å². The third-order valence-electron chi connectivity index (χ3n) is 5.23. The van der Waals surface area contributed by atoms with Gasteiger partial charge in [-0.15, -0.1) is 11.3 Å². The molecule has 1 aromatic carbocycles. The minimum absolute atomic E-state index is 0.0146. The van der Waals surface area contributed by atoms with Crippen molar-refractivity contribution in [3.05, 3.63) is 57.3 Å². The number of rotatable bonds is 5. The molecule has 144 valence electrons. The first-order chi connectivity index (χ1) is 12.9. The van der Waals surface area contributed by atoms with E-state index in [1.807, 2.05) is 25.7 Å². The van der Waals surface area contributed by atoms with Crippen molar-refractivity contribution in [3.63, 3.8) is 0 Å². The first-order valence-electron chi connectivity index (χ1n) is 9.64. The summed E-state index contributed by atoms with van der Waals surface area (Å²) in [6.45, 7) is 8.68. The van der Waals surface area contributed by atoms with Crippen LogP contribution in [0, 0.1) is 6.92 Å². The van der Waals surface area contributed by atoms with E-state index in [4.69, 9.17) is 0 Å². The van der Waals surface area contributed by atoms with Crippen LogP contribution in [0.3, 0.4) is 0 Å². The van der Waals surface area contributed by atoms with Crippen LogP contribution in [0.15, 0.2) is 35.7 Å². The average molecular weight is 385 g/mol. The number of hydrogen-bond acceptors (Lipinski definition) is 3. The van der Waals surface area contributed by atoms with Crippen molar-refractivity contribution in [2.75, 3.05) is 13.1 Å². The molecular formula is C22H28N2O2S. The zero-order valence-electron chi connectivity index (χ0n) is 16.6. The van der Waals surface area contributed by atoms with Gasteiger partial charge in [-0.25, -0.2) is 0 Å². The Kier molecular flexibility index (Phi) is 6.00. The van der Waals surface area contributed by atoms with Crippen molar-refractivity contribution in [1.82, 2.24) is 9.80 Å². The van der Waals surface area contributed by atoms with E-state index in [0.717, 1.165) is 12.0 Å². The molecule has 0 saturated heterocycles. The van der Waals surface area contributed by atoms with Gasteiger partial charge in [0.25, 0.3) is 0 Å². The highest BCUT2D eigenvalue weighted by Gasteiger charge is 2.34. The second-order valence-corrected chi connectivity index (χ2v) is 8.42. The number of carbonyl (C=O) groups excluding carboxylic acids is 2. The highest BCUT2D eigenvalue weighted by molar-refractivity contribution is 7.10. The van der Waals surface area contributed by atoms with Crippen molar-refractivity contribution >= 4 is 23.2 Å². The Morgan fingerprint density at radius 2 is 1.93 bits per heavy atom. The van der Waals surface area contributed by atoms with Gasteiger partial charge in [0.1, 0.15) is 6.54 Å². The molecule has 27 heavy (non-hydrogen) atoms. The lowest BCUT2D eigenvalue weighted by Gasteiger charge is -2.38. The maximum Gasteiger partial charge on any atom is 0.243 e. The molecule has 2 aromatic rings. The summed E-state index contributed by atoms with van der Waals surface area (Å²) in [6, 6.07) is 10.5. The van der Waals surface area contributed by atoms with E-state index in [1.165, 1.54) is 16.0 Å². The van der Waals surface area contributed by atoms with Gasteiger partial charge in [-0.2, -0.15) is 0 Å². The molecule has 0 saturated carbocycles. The molecule has 2 amide bonds. The van der Waals surface area contributed by atoms with Crippen LogP contribution < -0.4 is 0 Å². The number of amides is 2. The van der Waals surface area contributed by atoms with Crippen LogP contribution in [-0.4, -0.2) is 40.7 Å². The summed E-state index contributed by atoms with van der Waals surface area (Å²) in [5.41, 5.74) is 3.56. The molecule has 5 heteroatoms. The molecule has 0 spiro atoms. The predicted octanol–water partition coefficient (Wildman–Crippen LogP) is 4.18. The summed E-state index contributed by atoms with van der Waals surface area (Å²) >= 11 is 1.77. The summed E-state index contributed by atoms with van der Waals surface area (Å²) in [5, 5.41) is 2.11. The summed E-state index contributed by atoms with van der Waals surface area (Å²) in [4.78, 5) is 30.5. The summed E-state index contributed by atoms with van der Waals surface area (Å²) in [6.07, 6.45) is 1.30. The van der Waals surface area contributed by atoms with Gasteiger partial charge in [-0.3, -0.25) is 9.59 Å². The third-order valence-corrected chi connectivity index (χ3v) is 6.23. The molecule has 0 N–H and O–H groups in total. The molecule has 1 atom stereocenters. The van der Waals surface area contributed by atoms with Crippen molar-refractivity contribution in [2.24, 2.45) is 0 Å². The highest BCUT2D eigenvalue weighted by atomic mass is 32.1. The number of fused-ring (bicyclic) bond motifs is 1. The van der Waals surface area contributed by atoms with E-state index in [1.54, 1.807) is 16.2 Å². The fraction of sp³-hybridized carbons (Fsp3) is 0.455. The molecule has 1 aliphatic rings. The Morgan fingerprint density at radius 1 is 1.22 bits per heavy atom. The fourth-order valence-corrected chi connectivity index (χ4v) is 4.60. The molecule has 1 aromatic heterocycles. The lowest BCUT2D eigenvalue weighted by atomic mass is 9.92. The van der Waals surface area contributed by atoms with Gasteiger partial charge in [0, 0.05) is 23.9 Å². The first kappa shape index (κ1) is 19.6. The third kappa shape index (κ3) is 4.08. The zero-order valence-corrected chi connectivity index (χ0v) is 17.4. The Morgan fingerprint density at radius 3 is 2.56 bits per heavy atom. The second kappa shape index (κ2) is 8.26. The predicted molar refractivity (Wildman–Crippen MR) is 110 cm³/mol. The van der Waals surface area contributed by atoms with E-state index in [-0.39, 0.29) is 30.4 Å². The number of benzene rings is 1. The van der Waals surface area contributed by atoms with Crippen molar-refractivity contribution in [1.29, 1.82) is 0 Å². The molecular weight excluding hydrogens is 356 g/mol. The first-order valence-corrected chi connectivity index (χ1v) is 10.5. The van der Waals surface area contributed by atoms with Gasteiger partial charge in [0.2, 0.25) is 11.8 Å². The van der Waals surface area contributed by atoms with Gasteiger partial charge in [-0.1, -0.05) is 36.8 Å². The van der Waals surface area contributed by atoms with Crippen LogP contribution in [0.4, 0.5) is 0 Å². The molecule has 0 fully saturated rings. The van der Waals surface area contributed by atoms with Crippen molar-refractivity contribution < 1.29 is 9.59 Å². The van der Waals surface area contributed by atoms with E-state index < -0.39 is 0 Å². The zero-order chi connectivity index (χ0) is 19.6. The number of thiophene rings is 1. The highest BCUT2D eigenvalue weighted by Crippen LogP contribution is 2.38. The van der Waals surface area contributed by atoms with E-state index in [0.29, 0.717) is 13.0 Å². The largest absolute Gasteiger partial charge is 0.331 e. The van der Waals surface area contributed by atoms with Gasteiger partial charge in [-0.05, 0) is 49.8 Å². The van der Waals surface area contributed by atoms with Crippen LogP contribution in [0.5, 0.6) is 0 Å². The maximum absolute atomic E-state index is 13.3. The van der Waals surface area contributed by atoms with Gasteiger partial charge in [0.05, 0.1) is 6.04 Å². The lowest BCUT2D eigenvalue weighted by Crippen LogP contribution is -2.48. The molecule has 1 aliphatic heterocycles. The molecule has 0 aliphatic carbocycles. The van der Waals surface area contributed by atoms with E-state index in [9.17, 15) is 9.59 Å². The van der Waals surface area contributed by atoms with Crippen molar-refractivity contribution in [2.45, 2.75) is 52.6 Å². The summed E-state index contributed by atoms with van der Waals surface area (Å²) < 4.78 is 0. The van der Waals surface area contributed by atoms with Crippen LogP contribution >= 0.6 is 11.3 Å². The van der Waals surface area contributed by atoms with Crippen LogP contribution in [-0.2, 0) is 16.0 Å². The van der Waals surface area contributed by atoms with Crippen LogP contribution in [0.1, 0.15) is 54.8 Å². The standard InChI is InChI=1S/C22H28N2O2S/c1-5-20(25)24(15(2)3)14-21(26)23-12-10-19-18(11-13-27-19)22(23)17-8-6-16(4)7-9-17/h6-9,11,13,15,22H,5,10,12,14H2,1-4H3. The minimum Gasteiger partial charge on any atom is -0.331 e. The quantitative estimate of drug-likeness (QED) is 0.776. The van der Waals surface area contributed by atoms with Crippen LogP contribution in [0.2, 0.25) is 0 Å². The number of hydrogen-bond donors (Lipinski definition) is 0. The Hall–Kier alpha value is -2.14. The maximum atomic E-state index is 13.3. The molecule has 1 unspecified atom stereocenters. The molecule has 0 radical (unpaired) electrons. The second-order valence-electron chi connectivity index (χ2n) is 7.42. The van der Waals surface area contributed by atoms with Gasteiger partial charge in [0.15, 0.2) is 0 Å². The fourth-order valence-electron chi connectivity index (χ4n) is 3.69. The Balaban J connectivity index is 1.91. The summed E-state index contributed by atoms with van der Waals surface area (Å²) in [5.74, 6) is 0.0476. The van der Waals surface area contributed by atoms with Crippen LogP contribution in [0.25, 0.3) is 0 Å².